The molecule has 2 aliphatic rings. The molecule has 6 nitrogen and oxygen atoms in total. The van der Waals surface area contributed by atoms with Crippen LogP contribution in [-0.2, 0) is 22.4 Å². The van der Waals surface area contributed by atoms with Gasteiger partial charge in [-0.2, -0.15) is 0 Å². The predicted octanol–water partition coefficient (Wildman–Crippen LogP) is 2.91. The zero-order valence-corrected chi connectivity index (χ0v) is 16.7. The quantitative estimate of drug-likeness (QED) is 0.815. The van der Waals surface area contributed by atoms with E-state index in [1.165, 1.54) is 5.56 Å². The smallest absolute Gasteiger partial charge is 0.323 e. The molecular formula is C23H25N3O3. The van der Waals surface area contributed by atoms with E-state index in [-0.39, 0.29) is 24.4 Å². The van der Waals surface area contributed by atoms with Crippen LogP contribution in [0.25, 0.3) is 0 Å². The van der Waals surface area contributed by atoms with Crippen molar-refractivity contribution in [3.05, 3.63) is 65.7 Å². The minimum atomic E-state index is -0.943. The number of fused-ring (bicyclic) bond motifs is 1. The van der Waals surface area contributed by atoms with Gasteiger partial charge in [0.1, 0.15) is 12.1 Å². The second-order valence-corrected chi connectivity index (χ2v) is 8.04. The number of hydrogen-bond donors (Lipinski definition) is 1. The summed E-state index contributed by atoms with van der Waals surface area (Å²) >= 11 is 0. The number of carbonyl (C=O) groups excluding carboxylic acids is 3. The molecule has 150 valence electrons. The van der Waals surface area contributed by atoms with Crippen LogP contribution in [0.15, 0.2) is 54.6 Å². The highest BCUT2D eigenvalue weighted by atomic mass is 16.2. The highest BCUT2D eigenvalue weighted by Gasteiger charge is 2.52. The summed E-state index contributed by atoms with van der Waals surface area (Å²) in [5.41, 5.74) is 2.10. The zero-order chi connectivity index (χ0) is 20.6. The lowest BCUT2D eigenvalue weighted by molar-refractivity contribution is -0.134. The van der Waals surface area contributed by atoms with Gasteiger partial charge in [0.2, 0.25) is 5.91 Å². The van der Waals surface area contributed by atoms with E-state index in [0.29, 0.717) is 12.8 Å². The Labute approximate surface area is 170 Å². The average molecular weight is 391 g/mol. The van der Waals surface area contributed by atoms with E-state index in [0.717, 1.165) is 22.6 Å². The van der Waals surface area contributed by atoms with Gasteiger partial charge in [-0.1, -0.05) is 42.5 Å². The highest BCUT2D eigenvalue weighted by molar-refractivity contribution is 6.10. The largest absolute Gasteiger partial charge is 0.325 e. The first kappa shape index (κ1) is 19.2. The number of benzene rings is 2. The van der Waals surface area contributed by atoms with Crippen LogP contribution in [0.1, 0.15) is 31.4 Å². The van der Waals surface area contributed by atoms with Crippen LogP contribution in [0.3, 0.4) is 0 Å². The van der Waals surface area contributed by atoms with Crippen LogP contribution < -0.4 is 10.2 Å². The van der Waals surface area contributed by atoms with Gasteiger partial charge >= 0.3 is 6.03 Å². The Balaban J connectivity index is 1.55. The SMILES string of the molecule is CC(C)N(C(=O)CN1C(=O)NC2(CCc3ccccc3C2)C1=O)c1ccccc1. The number of nitrogens with one attached hydrogen (secondary N) is 1. The van der Waals surface area contributed by atoms with Gasteiger partial charge in [0, 0.05) is 18.2 Å². The molecule has 2 aromatic rings. The molecule has 0 radical (unpaired) electrons. The van der Waals surface area contributed by atoms with E-state index in [4.69, 9.17) is 0 Å². The number of rotatable bonds is 4. The van der Waals surface area contributed by atoms with Crippen molar-refractivity contribution < 1.29 is 14.4 Å². The number of imide groups is 1. The Morgan fingerprint density at radius 3 is 2.41 bits per heavy atom. The standard InChI is InChI=1S/C23H25N3O3/c1-16(2)26(19-10-4-3-5-11-19)20(27)15-25-21(28)23(24-22(25)29)13-12-17-8-6-7-9-18(17)14-23/h3-11,16H,12-15H2,1-2H3,(H,24,29). The lowest BCUT2D eigenvalue weighted by Gasteiger charge is -2.32. The fourth-order valence-corrected chi connectivity index (χ4v) is 4.37. The maximum Gasteiger partial charge on any atom is 0.325 e. The Kier molecular flexibility index (Phi) is 4.86. The van der Waals surface area contributed by atoms with E-state index in [2.05, 4.69) is 11.4 Å². The number of para-hydroxylation sites is 1. The number of amides is 4. The summed E-state index contributed by atoms with van der Waals surface area (Å²) in [6, 6.07) is 16.7. The summed E-state index contributed by atoms with van der Waals surface area (Å²) in [5.74, 6) is -0.579. The third kappa shape index (κ3) is 3.39. The second-order valence-electron chi connectivity index (χ2n) is 8.04. The minimum Gasteiger partial charge on any atom is -0.323 e. The number of anilines is 1. The van der Waals surface area contributed by atoms with Gasteiger partial charge in [-0.05, 0) is 49.9 Å². The molecule has 1 spiro atoms. The van der Waals surface area contributed by atoms with Crippen LogP contribution in [0.5, 0.6) is 0 Å². The van der Waals surface area contributed by atoms with Crippen LogP contribution in [0, 0.1) is 0 Å². The molecule has 1 saturated heterocycles. The maximum absolute atomic E-state index is 13.2. The number of nitrogens with zero attached hydrogens (tertiary/aromatic N) is 2. The molecule has 1 aliphatic carbocycles. The van der Waals surface area contributed by atoms with Gasteiger partial charge in [0.05, 0.1) is 0 Å². The molecule has 1 atom stereocenters. The normalized spacial score (nSPS) is 20.7. The first-order valence-corrected chi connectivity index (χ1v) is 9.99. The number of aryl methyl sites for hydroxylation is 1. The van der Waals surface area contributed by atoms with Crippen molar-refractivity contribution >= 4 is 23.5 Å². The van der Waals surface area contributed by atoms with Gasteiger partial charge in [-0.25, -0.2) is 4.79 Å². The third-order valence-corrected chi connectivity index (χ3v) is 5.79. The molecule has 4 rings (SSSR count). The first-order valence-electron chi connectivity index (χ1n) is 9.99. The van der Waals surface area contributed by atoms with Crippen LogP contribution in [0.4, 0.5) is 10.5 Å². The van der Waals surface area contributed by atoms with E-state index < -0.39 is 11.6 Å². The fraction of sp³-hybridized carbons (Fsp3) is 0.348. The van der Waals surface area contributed by atoms with Gasteiger partial charge in [0.25, 0.3) is 5.91 Å². The van der Waals surface area contributed by atoms with Crippen molar-refractivity contribution in [1.29, 1.82) is 0 Å². The molecule has 4 amide bonds. The summed E-state index contributed by atoms with van der Waals surface area (Å²) in [6.07, 6.45) is 1.74. The Morgan fingerprint density at radius 1 is 1.07 bits per heavy atom. The molecule has 0 bridgehead atoms. The Hall–Kier alpha value is -3.15. The molecule has 1 N–H and O–H groups in total. The van der Waals surface area contributed by atoms with Crippen LogP contribution >= 0.6 is 0 Å². The van der Waals surface area contributed by atoms with E-state index in [9.17, 15) is 14.4 Å². The topological polar surface area (TPSA) is 69.7 Å². The summed E-state index contributed by atoms with van der Waals surface area (Å²) in [4.78, 5) is 41.7. The van der Waals surface area contributed by atoms with Crippen molar-refractivity contribution in [2.24, 2.45) is 0 Å². The van der Waals surface area contributed by atoms with Crippen LogP contribution in [-0.4, -0.2) is 40.9 Å². The third-order valence-electron chi connectivity index (χ3n) is 5.79. The minimum absolute atomic E-state index is 0.0961. The van der Waals surface area contributed by atoms with Gasteiger partial charge < -0.3 is 10.2 Å². The lowest BCUT2D eigenvalue weighted by Crippen LogP contribution is -2.52. The van der Waals surface area contributed by atoms with E-state index in [1.807, 2.05) is 62.4 Å². The van der Waals surface area contributed by atoms with Crippen LogP contribution in [0.2, 0.25) is 0 Å². The maximum atomic E-state index is 13.2. The number of hydrogen-bond acceptors (Lipinski definition) is 3. The van der Waals surface area contributed by atoms with Gasteiger partial charge in [0.15, 0.2) is 0 Å². The summed E-state index contributed by atoms with van der Waals surface area (Å²) < 4.78 is 0. The second kappa shape index (κ2) is 7.35. The first-order chi connectivity index (χ1) is 13.9. The Bertz CT molecular complexity index is 957. The number of carbonyl (C=O) groups is 3. The van der Waals surface area contributed by atoms with Crippen molar-refractivity contribution in [1.82, 2.24) is 10.2 Å². The highest BCUT2D eigenvalue weighted by Crippen LogP contribution is 2.33. The Morgan fingerprint density at radius 2 is 1.72 bits per heavy atom. The fourth-order valence-electron chi connectivity index (χ4n) is 4.37. The van der Waals surface area contributed by atoms with Gasteiger partial charge in [-0.3, -0.25) is 14.5 Å². The van der Waals surface area contributed by atoms with Crippen molar-refractivity contribution in [3.63, 3.8) is 0 Å². The molecule has 1 aliphatic heterocycles. The van der Waals surface area contributed by atoms with Crippen molar-refractivity contribution in [2.45, 2.75) is 44.7 Å². The molecule has 0 aromatic heterocycles. The van der Waals surface area contributed by atoms with Crippen molar-refractivity contribution in [2.75, 3.05) is 11.4 Å². The molecule has 1 fully saturated rings. The summed E-state index contributed by atoms with van der Waals surface area (Å²) in [7, 11) is 0. The lowest BCUT2D eigenvalue weighted by atomic mass is 9.78. The molecule has 2 aromatic carbocycles. The number of urea groups is 1. The van der Waals surface area contributed by atoms with Crippen molar-refractivity contribution in [3.8, 4) is 0 Å². The predicted molar refractivity (Wildman–Crippen MR) is 111 cm³/mol. The molecule has 6 heteroatoms. The molecule has 1 unspecified atom stereocenters. The zero-order valence-electron chi connectivity index (χ0n) is 16.7. The van der Waals surface area contributed by atoms with Gasteiger partial charge in [-0.15, -0.1) is 0 Å². The summed E-state index contributed by atoms with van der Waals surface area (Å²) in [6.45, 7) is 3.56. The monoisotopic (exact) mass is 391 g/mol. The van der Waals surface area contributed by atoms with E-state index in [1.54, 1.807) is 4.90 Å². The average Bonchev–Trinajstić information content (AvgIpc) is 2.92. The summed E-state index contributed by atoms with van der Waals surface area (Å²) in [5, 5.41) is 2.89. The molecular weight excluding hydrogens is 366 g/mol. The molecule has 0 saturated carbocycles. The van der Waals surface area contributed by atoms with E-state index >= 15 is 0 Å². The molecule has 29 heavy (non-hydrogen) atoms. The molecule has 1 heterocycles.